The monoisotopic (exact) mass is 181 g/mol. The van der Waals surface area contributed by atoms with Gasteiger partial charge in [-0.1, -0.05) is 0 Å². The first-order valence-corrected chi connectivity index (χ1v) is 4.50. The molecule has 13 heavy (non-hydrogen) atoms. The van der Waals surface area contributed by atoms with Gasteiger partial charge in [0.1, 0.15) is 0 Å². The lowest BCUT2D eigenvalue weighted by atomic mass is 10.0. The normalized spacial score (nSPS) is 32.1. The van der Waals surface area contributed by atoms with Crippen LogP contribution < -0.4 is 5.73 Å². The van der Waals surface area contributed by atoms with E-state index in [1.54, 1.807) is 6.33 Å². The van der Waals surface area contributed by atoms with Crippen molar-refractivity contribution in [3.05, 3.63) is 18.2 Å². The van der Waals surface area contributed by atoms with E-state index < -0.39 is 0 Å². The highest BCUT2D eigenvalue weighted by atomic mass is 16.3. The van der Waals surface area contributed by atoms with Crippen LogP contribution in [0.3, 0.4) is 0 Å². The van der Waals surface area contributed by atoms with Crippen molar-refractivity contribution in [2.45, 2.75) is 12.3 Å². The van der Waals surface area contributed by atoms with Gasteiger partial charge < -0.3 is 15.4 Å². The number of aryl methyl sites for hydroxylation is 1. The molecule has 1 fully saturated rings. The zero-order valence-electron chi connectivity index (χ0n) is 7.77. The molecule has 1 aromatic heterocycles. The lowest BCUT2D eigenvalue weighted by molar-refractivity contribution is 0.211. The number of hydrogen-bond donors (Lipinski definition) is 2. The number of aliphatic hydroxyl groups excluding tert-OH is 1. The lowest BCUT2D eigenvalue weighted by Crippen LogP contribution is -2.21. The van der Waals surface area contributed by atoms with Gasteiger partial charge in [0.25, 0.3) is 0 Å². The summed E-state index contributed by atoms with van der Waals surface area (Å²) in [6, 6.07) is 0. The van der Waals surface area contributed by atoms with Crippen LogP contribution in [0.25, 0.3) is 0 Å². The van der Waals surface area contributed by atoms with Crippen LogP contribution in [0.15, 0.2) is 12.5 Å². The van der Waals surface area contributed by atoms with Gasteiger partial charge >= 0.3 is 0 Å². The molecule has 2 atom stereocenters. The van der Waals surface area contributed by atoms with Gasteiger partial charge in [0.15, 0.2) is 0 Å². The van der Waals surface area contributed by atoms with Crippen molar-refractivity contribution in [2.75, 3.05) is 13.2 Å². The third kappa shape index (κ3) is 1.17. The fourth-order valence-electron chi connectivity index (χ4n) is 1.93. The summed E-state index contributed by atoms with van der Waals surface area (Å²) in [5.74, 6) is 0.398. The van der Waals surface area contributed by atoms with Crippen molar-refractivity contribution in [1.82, 2.24) is 9.55 Å². The van der Waals surface area contributed by atoms with Crippen LogP contribution in [-0.2, 0) is 7.05 Å². The molecule has 4 heteroatoms. The molecule has 0 saturated heterocycles. The summed E-state index contributed by atoms with van der Waals surface area (Å²) in [5, 5.41) is 9.21. The Kier molecular flexibility index (Phi) is 1.89. The Balaban J connectivity index is 2.19. The molecule has 1 heterocycles. The van der Waals surface area contributed by atoms with E-state index in [2.05, 4.69) is 4.98 Å². The van der Waals surface area contributed by atoms with Crippen LogP contribution >= 0.6 is 0 Å². The molecule has 0 spiro atoms. The number of nitrogens with zero attached hydrogens (tertiary/aromatic N) is 2. The second-order valence-corrected chi connectivity index (χ2v) is 3.91. The molecule has 1 saturated carbocycles. The molecule has 0 aromatic carbocycles. The van der Waals surface area contributed by atoms with Crippen molar-refractivity contribution >= 4 is 0 Å². The summed E-state index contributed by atoms with van der Waals surface area (Å²) < 4.78 is 2.00. The second kappa shape index (κ2) is 2.82. The molecule has 2 rings (SSSR count). The molecule has 3 N–H and O–H groups in total. The smallest absolute Gasteiger partial charge is 0.0945 e. The molecule has 0 radical (unpaired) electrons. The third-order valence-electron chi connectivity index (χ3n) is 3.12. The Bertz CT molecular complexity index is 304. The average Bonchev–Trinajstić information content (AvgIpc) is 2.74. The van der Waals surface area contributed by atoms with Crippen LogP contribution in [0.4, 0.5) is 0 Å². The topological polar surface area (TPSA) is 64.1 Å². The number of imidazole rings is 1. The van der Waals surface area contributed by atoms with E-state index in [0.717, 1.165) is 6.42 Å². The van der Waals surface area contributed by atoms with Crippen LogP contribution in [-0.4, -0.2) is 27.8 Å². The highest BCUT2D eigenvalue weighted by molar-refractivity contribution is 5.23. The Hall–Kier alpha value is -0.870. The van der Waals surface area contributed by atoms with Crippen LogP contribution in [0.2, 0.25) is 0 Å². The van der Waals surface area contributed by atoms with Gasteiger partial charge in [0.2, 0.25) is 0 Å². The van der Waals surface area contributed by atoms with E-state index in [-0.39, 0.29) is 12.0 Å². The van der Waals surface area contributed by atoms with Crippen molar-refractivity contribution < 1.29 is 5.11 Å². The summed E-state index contributed by atoms with van der Waals surface area (Å²) >= 11 is 0. The maximum atomic E-state index is 9.21. The summed E-state index contributed by atoms with van der Waals surface area (Å²) in [6.07, 6.45) is 4.63. The molecule has 2 unspecified atom stereocenters. The van der Waals surface area contributed by atoms with E-state index in [1.165, 1.54) is 5.69 Å². The standard InChI is InChI=1S/C9H15N3O/c1-12-6-11-3-8(12)7-2-9(7,4-10)5-13/h3,6-7,13H,2,4-5,10H2,1H3. The SMILES string of the molecule is Cn1cncc1C1CC1(CN)CO. The van der Waals surface area contributed by atoms with Gasteiger partial charge in [-0.15, -0.1) is 0 Å². The quantitative estimate of drug-likeness (QED) is 0.681. The molecule has 0 aliphatic heterocycles. The van der Waals surface area contributed by atoms with Gasteiger partial charge in [0.05, 0.1) is 12.9 Å². The summed E-state index contributed by atoms with van der Waals surface area (Å²) in [6.45, 7) is 0.735. The van der Waals surface area contributed by atoms with Crippen LogP contribution in [0.5, 0.6) is 0 Å². The van der Waals surface area contributed by atoms with Crippen LogP contribution in [0, 0.1) is 5.41 Å². The van der Waals surface area contributed by atoms with Crippen molar-refractivity contribution in [1.29, 1.82) is 0 Å². The van der Waals surface area contributed by atoms with E-state index >= 15 is 0 Å². The lowest BCUT2D eigenvalue weighted by Gasteiger charge is -2.10. The Morgan fingerprint density at radius 2 is 2.62 bits per heavy atom. The first kappa shape index (κ1) is 8.72. The maximum Gasteiger partial charge on any atom is 0.0945 e. The van der Waals surface area contributed by atoms with E-state index in [1.807, 2.05) is 17.8 Å². The Morgan fingerprint density at radius 3 is 3.00 bits per heavy atom. The van der Waals surface area contributed by atoms with Gasteiger partial charge in [0, 0.05) is 36.8 Å². The second-order valence-electron chi connectivity index (χ2n) is 3.91. The Labute approximate surface area is 77.4 Å². The van der Waals surface area contributed by atoms with Crippen molar-refractivity contribution in [2.24, 2.45) is 18.2 Å². The number of hydrogen-bond acceptors (Lipinski definition) is 3. The molecule has 1 aliphatic carbocycles. The zero-order chi connectivity index (χ0) is 9.47. The van der Waals surface area contributed by atoms with Gasteiger partial charge in [-0.2, -0.15) is 0 Å². The largest absolute Gasteiger partial charge is 0.396 e. The predicted octanol–water partition coefficient (Wildman–Crippen LogP) is -0.155. The van der Waals surface area contributed by atoms with Gasteiger partial charge in [-0.25, -0.2) is 4.98 Å². The average molecular weight is 181 g/mol. The summed E-state index contributed by atoms with van der Waals surface area (Å²) in [5.41, 5.74) is 6.75. The molecule has 0 amide bonds. The van der Waals surface area contributed by atoms with Crippen molar-refractivity contribution in [3.63, 3.8) is 0 Å². The number of aliphatic hydroxyl groups is 1. The first-order valence-electron chi connectivity index (χ1n) is 4.50. The third-order valence-corrected chi connectivity index (χ3v) is 3.12. The highest BCUT2D eigenvalue weighted by Crippen LogP contribution is 2.57. The minimum absolute atomic E-state index is 0.0617. The van der Waals surface area contributed by atoms with E-state index in [4.69, 9.17) is 5.73 Å². The van der Waals surface area contributed by atoms with E-state index in [9.17, 15) is 5.11 Å². The Morgan fingerprint density at radius 1 is 1.85 bits per heavy atom. The zero-order valence-corrected chi connectivity index (χ0v) is 7.77. The molecule has 4 nitrogen and oxygen atoms in total. The summed E-state index contributed by atoms with van der Waals surface area (Å²) in [4.78, 5) is 4.06. The van der Waals surface area contributed by atoms with Crippen molar-refractivity contribution in [3.8, 4) is 0 Å². The van der Waals surface area contributed by atoms with Crippen LogP contribution in [0.1, 0.15) is 18.0 Å². The maximum absolute atomic E-state index is 9.21. The number of nitrogens with two attached hydrogens (primary N) is 1. The predicted molar refractivity (Wildman–Crippen MR) is 49.1 cm³/mol. The van der Waals surface area contributed by atoms with E-state index in [0.29, 0.717) is 12.5 Å². The molecule has 1 aliphatic rings. The molecular weight excluding hydrogens is 166 g/mol. The molecule has 0 bridgehead atoms. The highest BCUT2D eigenvalue weighted by Gasteiger charge is 2.54. The number of aromatic nitrogens is 2. The minimum atomic E-state index is -0.0617. The molecule has 1 aromatic rings. The molecule has 72 valence electrons. The summed E-state index contributed by atoms with van der Waals surface area (Å²) in [7, 11) is 1.97. The fraction of sp³-hybridized carbons (Fsp3) is 0.667. The minimum Gasteiger partial charge on any atom is -0.396 e. The van der Waals surface area contributed by atoms with Gasteiger partial charge in [-0.05, 0) is 6.42 Å². The van der Waals surface area contributed by atoms with Gasteiger partial charge in [-0.3, -0.25) is 0 Å². The molecular formula is C9H15N3O. The fourth-order valence-corrected chi connectivity index (χ4v) is 1.93. The first-order chi connectivity index (χ1) is 6.23. The number of rotatable bonds is 3.